The molecule has 2 N–H and O–H groups in total. The van der Waals surface area contributed by atoms with Crippen molar-refractivity contribution in [3.05, 3.63) is 0 Å². The Bertz CT molecular complexity index is 198. The standard InChI is InChI=1S/C9H16N2O.ClH/c1-9(4-5-9)11-8(12)7-3-2-6-10-7;/h7,10H,2-6H2,1H3,(H,11,12);1H. The van der Waals surface area contributed by atoms with Crippen molar-refractivity contribution in [3.63, 3.8) is 0 Å². The van der Waals surface area contributed by atoms with E-state index in [-0.39, 0.29) is 29.9 Å². The molecule has 2 rings (SSSR count). The molecule has 76 valence electrons. The first-order chi connectivity index (χ1) is 5.70. The van der Waals surface area contributed by atoms with Crippen molar-refractivity contribution in [2.24, 2.45) is 0 Å². The third-order valence-electron chi connectivity index (χ3n) is 2.80. The first kappa shape index (κ1) is 10.8. The molecule has 0 aromatic carbocycles. The number of nitrogens with one attached hydrogen (secondary N) is 2. The molecule has 1 atom stereocenters. The number of halogens is 1. The minimum absolute atomic E-state index is 0. The zero-order valence-electron chi connectivity index (χ0n) is 7.93. The summed E-state index contributed by atoms with van der Waals surface area (Å²) in [5, 5.41) is 6.27. The summed E-state index contributed by atoms with van der Waals surface area (Å²) in [4.78, 5) is 11.5. The maximum atomic E-state index is 11.5. The Hall–Kier alpha value is -0.280. The van der Waals surface area contributed by atoms with Crippen LogP contribution in [0, 0.1) is 0 Å². The summed E-state index contributed by atoms with van der Waals surface area (Å²) in [6.45, 7) is 3.11. The molecule has 1 amide bonds. The molecule has 1 unspecified atom stereocenters. The summed E-state index contributed by atoms with van der Waals surface area (Å²) in [5.41, 5.74) is 0.140. The monoisotopic (exact) mass is 204 g/mol. The molecule has 1 saturated carbocycles. The SMILES string of the molecule is CC1(NC(=O)C2CCCN2)CC1.Cl. The van der Waals surface area contributed by atoms with Gasteiger partial charge in [0.15, 0.2) is 0 Å². The van der Waals surface area contributed by atoms with Crippen LogP contribution in [-0.2, 0) is 4.79 Å². The molecule has 1 aliphatic carbocycles. The Kier molecular flexibility index (Phi) is 3.19. The summed E-state index contributed by atoms with van der Waals surface area (Å²) in [7, 11) is 0. The minimum Gasteiger partial charge on any atom is -0.350 e. The van der Waals surface area contributed by atoms with Gasteiger partial charge in [0.1, 0.15) is 0 Å². The second-order valence-electron chi connectivity index (χ2n) is 4.20. The Morgan fingerprint density at radius 1 is 1.54 bits per heavy atom. The maximum Gasteiger partial charge on any atom is 0.237 e. The van der Waals surface area contributed by atoms with Crippen LogP contribution >= 0.6 is 12.4 Å². The molecule has 0 bridgehead atoms. The van der Waals surface area contributed by atoms with Gasteiger partial charge in [0.25, 0.3) is 0 Å². The van der Waals surface area contributed by atoms with Crippen LogP contribution in [0.4, 0.5) is 0 Å². The molecule has 1 heterocycles. The first-order valence-corrected chi connectivity index (χ1v) is 4.75. The van der Waals surface area contributed by atoms with Crippen LogP contribution in [0.3, 0.4) is 0 Å². The minimum atomic E-state index is 0. The lowest BCUT2D eigenvalue weighted by atomic mass is 10.2. The highest BCUT2D eigenvalue weighted by atomic mass is 35.5. The topological polar surface area (TPSA) is 41.1 Å². The highest BCUT2D eigenvalue weighted by Crippen LogP contribution is 2.34. The average molecular weight is 205 g/mol. The van der Waals surface area contributed by atoms with Gasteiger partial charge in [-0.15, -0.1) is 12.4 Å². The van der Waals surface area contributed by atoms with E-state index in [0.29, 0.717) is 0 Å². The third-order valence-corrected chi connectivity index (χ3v) is 2.80. The van der Waals surface area contributed by atoms with Crippen molar-refractivity contribution >= 4 is 18.3 Å². The van der Waals surface area contributed by atoms with Crippen molar-refractivity contribution in [2.45, 2.75) is 44.2 Å². The molecular formula is C9H17ClN2O. The molecule has 13 heavy (non-hydrogen) atoms. The summed E-state index contributed by atoms with van der Waals surface area (Å²) < 4.78 is 0. The van der Waals surface area contributed by atoms with Crippen molar-refractivity contribution in [2.75, 3.05) is 6.54 Å². The second-order valence-corrected chi connectivity index (χ2v) is 4.20. The highest BCUT2D eigenvalue weighted by Gasteiger charge is 2.40. The molecule has 1 saturated heterocycles. The van der Waals surface area contributed by atoms with Gasteiger partial charge in [-0.1, -0.05) is 0 Å². The molecule has 0 aromatic rings. The van der Waals surface area contributed by atoms with Crippen LogP contribution in [0.1, 0.15) is 32.6 Å². The lowest BCUT2D eigenvalue weighted by Crippen LogP contribution is -2.45. The summed E-state index contributed by atoms with van der Waals surface area (Å²) in [6.07, 6.45) is 4.42. The fraction of sp³-hybridized carbons (Fsp3) is 0.889. The Balaban J connectivity index is 0.000000845. The van der Waals surface area contributed by atoms with Crippen molar-refractivity contribution in [1.82, 2.24) is 10.6 Å². The van der Waals surface area contributed by atoms with Crippen molar-refractivity contribution in [3.8, 4) is 0 Å². The van der Waals surface area contributed by atoms with Gasteiger partial charge in [0.2, 0.25) is 5.91 Å². The van der Waals surface area contributed by atoms with Gasteiger partial charge in [-0.2, -0.15) is 0 Å². The molecule has 0 spiro atoms. The zero-order valence-corrected chi connectivity index (χ0v) is 8.75. The first-order valence-electron chi connectivity index (χ1n) is 4.75. The molecule has 2 fully saturated rings. The van der Waals surface area contributed by atoms with Gasteiger partial charge in [-0.3, -0.25) is 4.79 Å². The Morgan fingerprint density at radius 2 is 2.23 bits per heavy atom. The predicted octanol–water partition coefficient (Wildman–Crippen LogP) is 0.829. The van der Waals surface area contributed by atoms with Crippen LogP contribution in [0.2, 0.25) is 0 Å². The fourth-order valence-electron chi connectivity index (χ4n) is 1.61. The maximum absolute atomic E-state index is 11.5. The Morgan fingerprint density at radius 3 is 2.69 bits per heavy atom. The fourth-order valence-corrected chi connectivity index (χ4v) is 1.61. The largest absolute Gasteiger partial charge is 0.350 e. The van der Waals surface area contributed by atoms with Gasteiger partial charge >= 0.3 is 0 Å². The lowest BCUT2D eigenvalue weighted by molar-refractivity contribution is -0.123. The lowest BCUT2D eigenvalue weighted by Gasteiger charge is -2.15. The molecule has 0 radical (unpaired) electrons. The van der Waals surface area contributed by atoms with Gasteiger partial charge in [-0.25, -0.2) is 0 Å². The van der Waals surface area contributed by atoms with Crippen LogP contribution in [0.5, 0.6) is 0 Å². The van der Waals surface area contributed by atoms with E-state index in [1.54, 1.807) is 0 Å². The summed E-state index contributed by atoms with van der Waals surface area (Å²) in [6, 6.07) is 0.0856. The zero-order chi connectivity index (χ0) is 8.60. The van der Waals surface area contributed by atoms with Crippen LogP contribution in [-0.4, -0.2) is 24.0 Å². The molecule has 3 nitrogen and oxygen atoms in total. The number of rotatable bonds is 2. The molecule has 4 heteroatoms. The number of amides is 1. The van der Waals surface area contributed by atoms with Crippen LogP contribution < -0.4 is 10.6 Å². The Labute approximate surface area is 85.1 Å². The average Bonchev–Trinajstić information content (AvgIpc) is 2.55. The smallest absolute Gasteiger partial charge is 0.237 e. The molecule has 1 aliphatic heterocycles. The van der Waals surface area contributed by atoms with Gasteiger partial charge in [0.05, 0.1) is 6.04 Å². The summed E-state index contributed by atoms with van der Waals surface area (Å²) in [5.74, 6) is 0.201. The number of carbonyl (C=O) groups excluding carboxylic acids is 1. The van der Waals surface area contributed by atoms with Crippen LogP contribution in [0.25, 0.3) is 0 Å². The second kappa shape index (κ2) is 3.84. The molecule has 0 aromatic heterocycles. The van der Waals surface area contributed by atoms with Crippen molar-refractivity contribution < 1.29 is 4.79 Å². The van der Waals surface area contributed by atoms with E-state index in [2.05, 4.69) is 17.6 Å². The predicted molar refractivity (Wildman–Crippen MR) is 54.1 cm³/mol. The summed E-state index contributed by atoms with van der Waals surface area (Å²) >= 11 is 0. The van der Waals surface area contributed by atoms with E-state index in [1.165, 1.54) is 0 Å². The van der Waals surface area contributed by atoms with Gasteiger partial charge in [-0.05, 0) is 39.2 Å². The van der Waals surface area contributed by atoms with E-state index in [0.717, 1.165) is 32.2 Å². The van der Waals surface area contributed by atoms with Gasteiger partial charge in [0, 0.05) is 5.54 Å². The molecular weight excluding hydrogens is 188 g/mol. The van der Waals surface area contributed by atoms with E-state index >= 15 is 0 Å². The third kappa shape index (κ3) is 2.58. The van der Waals surface area contributed by atoms with E-state index < -0.39 is 0 Å². The number of hydrogen-bond donors (Lipinski definition) is 2. The van der Waals surface area contributed by atoms with Crippen molar-refractivity contribution in [1.29, 1.82) is 0 Å². The van der Waals surface area contributed by atoms with E-state index in [4.69, 9.17) is 0 Å². The highest BCUT2D eigenvalue weighted by molar-refractivity contribution is 5.85. The van der Waals surface area contributed by atoms with Gasteiger partial charge < -0.3 is 10.6 Å². The van der Waals surface area contributed by atoms with E-state index in [9.17, 15) is 4.79 Å². The van der Waals surface area contributed by atoms with Crippen LogP contribution in [0.15, 0.2) is 0 Å². The van der Waals surface area contributed by atoms with E-state index in [1.807, 2.05) is 0 Å². The molecule has 2 aliphatic rings. The quantitative estimate of drug-likeness (QED) is 0.700. The number of carbonyl (C=O) groups is 1. The normalized spacial score (nSPS) is 29.2. The number of hydrogen-bond acceptors (Lipinski definition) is 2.